The summed E-state index contributed by atoms with van der Waals surface area (Å²) in [5.74, 6) is -0.933. The lowest BCUT2D eigenvalue weighted by Gasteiger charge is -2.20. The number of imide groups is 1. The third-order valence-electron chi connectivity index (χ3n) is 4.92. The molecule has 1 saturated heterocycles. The molecule has 160 valence electrons. The number of carbonyl (C=O) groups excluding carboxylic acids is 2. The second-order valence-corrected chi connectivity index (χ2v) is 7.31. The molecule has 1 unspecified atom stereocenters. The van der Waals surface area contributed by atoms with Gasteiger partial charge in [-0.2, -0.15) is 0 Å². The molecule has 10 heteroatoms. The van der Waals surface area contributed by atoms with E-state index < -0.39 is 30.1 Å². The molecule has 31 heavy (non-hydrogen) atoms. The first-order chi connectivity index (χ1) is 14.6. The van der Waals surface area contributed by atoms with Gasteiger partial charge in [-0.15, -0.1) is 13.2 Å². The van der Waals surface area contributed by atoms with Gasteiger partial charge in [0.1, 0.15) is 16.9 Å². The summed E-state index contributed by atoms with van der Waals surface area (Å²) in [5, 5.41) is 1.06. The number of hydrogen-bond donors (Lipinski definition) is 0. The molecule has 1 aliphatic rings. The first-order valence-electron chi connectivity index (χ1n) is 9.18. The van der Waals surface area contributed by atoms with Crippen LogP contribution in [0.5, 0.6) is 5.75 Å². The average molecular weight is 450 g/mol. The summed E-state index contributed by atoms with van der Waals surface area (Å²) in [6.45, 7) is 1.70. The highest BCUT2D eigenvalue weighted by atomic mass is 35.5. The Hall–Kier alpha value is -3.33. The van der Waals surface area contributed by atoms with E-state index >= 15 is 0 Å². The Morgan fingerprint density at radius 2 is 1.77 bits per heavy atom. The molecule has 1 fully saturated rings. The fourth-order valence-electron chi connectivity index (χ4n) is 3.47. The average Bonchev–Trinajstić information content (AvgIpc) is 2.91. The molecule has 4 rings (SSSR count). The van der Waals surface area contributed by atoms with Crippen LogP contribution in [0.1, 0.15) is 12.5 Å². The van der Waals surface area contributed by atoms with E-state index in [0.29, 0.717) is 5.52 Å². The number of pyridine rings is 1. The van der Waals surface area contributed by atoms with Crippen molar-refractivity contribution in [2.45, 2.75) is 25.9 Å². The van der Waals surface area contributed by atoms with Crippen molar-refractivity contribution in [3.05, 3.63) is 65.3 Å². The Labute approximate surface area is 179 Å². The molecule has 1 atom stereocenters. The molecule has 3 aromatic rings. The van der Waals surface area contributed by atoms with Crippen LogP contribution in [0.2, 0.25) is 5.15 Å². The standard InChI is InChI=1S/C21H15ClF3N3O3/c1-12-19(29)28(14-6-8-15(9-7-14)31-21(23,24)25)20(30)27(12)11-13-10-18(22)26-17-5-3-2-4-16(13)17/h2-10,12H,11H2,1H3. The SMILES string of the molecule is CC1C(=O)N(c2ccc(OC(F)(F)F)cc2)C(=O)N1Cc1cc(Cl)nc2ccccc12. The Morgan fingerprint density at radius 1 is 1.10 bits per heavy atom. The van der Waals surface area contributed by atoms with E-state index in [-0.39, 0.29) is 17.4 Å². The second-order valence-electron chi connectivity index (χ2n) is 6.92. The van der Waals surface area contributed by atoms with E-state index in [1.807, 2.05) is 18.2 Å². The highest BCUT2D eigenvalue weighted by Crippen LogP contribution is 2.31. The van der Waals surface area contributed by atoms with E-state index in [9.17, 15) is 22.8 Å². The van der Waals surface area contributed by atoms with Crippen LogP contribution in [0.25, 0.3) is 10.9 Å². The number of benzene rings is 2. The second kappa shape index (κ2) is 7.73. The summed E-state index contributed by atoms with van der Waals surface area (Å²) in [4.78, 5) is 32.4. The van der Waals surface area contributed by atoms with Crippen molar-refractivity contribution in [2.75, 3.05) is 4.90 Å². The lowest BCUT2D eigenvalue weighted by molar-refractivity contribution is -0.274. The largest absolute Gasteiger partial charge is 0.573 e. The van der Waals surface area contributed by atoms with E-state index in [0.717, 1.165) is 28.0 Å². The molecule has 0 saturated carbocycles. The zero-order valence-electron chi connectivity index (χ0n) is 16.1. The van der Waals surface area contributed by atoms with Crippen molar-refractivity contribution >= 4 is 40.1 Å². The third-order valence-corrected chi connectivity index (χ3v) is 5.12. The number of anilines is 1. The molecule has 2 heterocycles. The number of rotatable bonds is 4. The number of urea groups is 1. The quantitative estimate of drug-likeness (QED) is 0.408. The number of ether oxygens (including phenoxy) is 1. The number of hydrogen-bond acceptors (Lipinski definition) is 4. The van der Waals surface area contributed by atoms with Crippen LogP contribution in [0.4, 0.5) is 23.7 Å². The Bertz CT molecular complexity index is 1170. The third kappa shape index (κ3) is 4.13. The number of nitrogens with zero attached hydrogens (tertiary/aromatic N) is 3. The van der Waals surface area contributed by atoms with Gasteiger partial charge in [-0.25, -0.2) is 14.7 Å². The minimum absolute atomic E-state index is 0.111. The topological polar surface area (TPSA) is 62.7 Å². The van der Waals surface area contributed by atoms with Gasteiger partial charge in [-0.3, -0.25) is 4.79 Å². The van der Waals surface area contributed by atoms with Crippen molar-refractivity contribution in [1.82, 2.24) is 9.88 Å². The highest BCUT2D eigenvalue weighted by Gasteiger charge is 2.43. The molecular weight excluding hydrogens is 435 g/mol. The van der Waals surface area contributed by atoms with Crippen molar-refractivity contribution in [1.29, 1.82) is 0 Å². The molecule has 0 N–H and O–H groups in total. The minimum Gasteiger partial charge on any atom is -0.406 e. The molecule has 0 bridgehead atoms. The molecule has 1 aliphatic heterocycles. The first-order valence-corrected chi connectivity index (χ1v) is 9.56. The predicted molar refractivity (Wildman–Crippen MR) is 108 cm³/mol. The minimum atomic E-state index is -4.83. The zero-order valence-corrected chi connectivity index (χ0v) is 16.8. The van der Waals surface area contributed by atoms with Crippen LogP contribution in [-0.4, -0.2) is 34.2 Å². The lowest BCUT2D eigenvalue weighted by atomic mass is 10.1. The summed E-state index contributed by atoms with van der Waals surface area (Å²) in [7, 11) is 0. The molecule has 0 spiro atoms. The number of halogens is 4. The number of para-hydroxylation sites is 1. The highest BCUT2D eigenvalue weighted by molar-refractivity contribution is 6.30. The number of amides is 3. The molecule has 0 aliphatic carbocycles. The van der Waals surface area contributed by atoms with Gasteiger partial charge in [0.15, 0.2) is 0 Å². The normalized spacial score (nSPS) is 17.0. The number of alkyl halides is 3. The van der Waals surface area contributed by atoms with Crippen molar-refractivity contribution < 1.29 is 27.5 Å². The maximum Gasteiger partial charge on any atom is 0.573 e. The van der Waals surface area contributed by atoms with Gasteiger partial charge in [0.05, 0.1) is 11.2 Å². The van der Waals surface area contributed by atoms with Gasteiger partial charge in [0.2, 0.25) is 0 Å². The smallest absolute Gasteiger partial charge is 0.406 e. The van der Waals surface area contributed by atoms with Gasteiger partial charge in [0.25, 0.3) is 5.91 Å². The Balaban J connectivity index is 1.61. The Morgan fingerprint density at radius 3 is 2.45 bits per heavy atom. The maximum absolute atomic E-state index is 13.0. The van der Waals surface area contributed by atoms with Crippen LogP contribution in [0.15, 0.2) is 54.6 Å². The predicted octanol–water partition coefficient (Wildman–Crippen LogP) is 5.14. The van der Waals surface area contributed by atoms with Crippen molar-refractivity contribution in [3.8, 4) is 5.75 Å². The van der Waals surface area contributed by atoms with Gasteiger partial charge in [-0.1, -0.05) is 29.8 Å². The maximum atomic E-state index is 13.0. The molecule has 1 aromatic heterocycles. The van der Waals surface area contributed by atoms with Crippen LogP contribution in [0, 0.1) is 0 Å². The number of fused-ring (bicyclic) bond motifs is 1. The molecule has 0 radical (unpaired) electrons. The summed E-state index contributed by atoms with van der Waals surface area (Å²) < 4.78 is 40.9. The lowest BCUT2D eigenvalue weighted by Crippen LogP contribution is -2.33. The van der Waals surface area contributed by atoms with E-state index in [2.05, 4.69) is 9.72 Å². The van der Waals surface area contributed by atoms with E-state index in [1.54, 1.807) is 19.1 Å². The van der Waals surface area contributed by atoms with Crippen LogP contribution < -0.4 is 9.64 Å². The molecular formula is C21H15ClF3N3O3. The fraction of sp³-hybridized carbons (Fsp3) is 0.190. The van der Waals surface area contributed by atoms with Gasteiger partial charge >= 0.3 is 12.4 Å². The molecule has 6 nitrogen and oxygen atoms in total. The number of carbonyl (C=O) groups is 2. The molecule has 3 amide bonds. The summed E-state index contributed by atoms with van der Waals surface area (Å²) in [5.41, 5.74) is 1.53. The van der Waals surface area contributed by atoms with Crippen LogP contribution in [-0.2, 0) is 11.3 Å². The summed E-state index contributed by atoms with van der Waals surface area (Å²) in [6, 6.07) is 12.1. The van der Waals surface area contributed by atoms with Crippen molar-refractivity contribution in [3.63, 3.8) is 0 Å². The first kappa shape index (κ1) is 20.9. The summed E-state index contributed by atoms with van der Waals surface area (Å²) >= 11 is 6.11. The molecule has 2 aromatic carbocycles. The zero-order chi connectivity index (χ0) is 22.3. The van der Waals surface area contributed by atoms with Crippen LogP contribution in [0.3, 0.4) is 0 Å². The van der Waals surface area contributed by atoms with Gasteiger partial charge in [-0.05, 0) is 48.9 Å². The fourth-order valence-corrected chi connectivity index (χ4v) is 3.70. The number of aromatic nitrogens is 1. The Kier molecular flexibility index (Phi) is 5.22. The van der Waals surface area contributed by atoms with Crippen molar-refractivity contribution in [2.24, 2.45) is 0 Å². The summed E-state index contributed by atoms with van der Waals surface area (Å²) in [6.07, 6.45) is -4.83. The van der Waals surface area contributed by atoms with Crippen LogP contribution >= 0.6 is 11.6 Å². The van der Waals surface area contributed by atoms with E-state index in [4.69, 9.17) is 11.6 Å². The van der Waals surface area contributed by atoms with Gasteiger partial charge < -0.3 is 9.64 Å². The van der Waals surface area contributed by atoms with Gasteiger partial charge in [0, 0.05) is 11.9 Å². The van der Waals surface area contributed by atoms with E-state index in [1.165, 1.54) is 17.0 Å². The monoisotopic (exact) mass is 449 g/mol.